The van der Waals surface area contributed by atoms with E-state index in [4.69, 9.17) is 0 Å². The summed E-state index contributed by atoms with van der Waals surface area (Å²) in [5, 5.41) is 14.2. The lowest BCUT2D eigenvalue weighted by molar-refractivity contribution is -0.139. The van der Waals surface area contributed by atoms with E-state index in [1.807, 2.05) is 36.2 Å². The average Bonchev–Trinajstić information content (AvgIpc) is 2.72. The van der Waals surface area contributed by atoms with Gasteiger partial charge in [0, 0.05) is 37.8 Å². The van der Waals surface area contributed by atoms with Crippen molar-refractivity contribution < 1.29 is 14.7 Å². The number of hydrogen-bond acceptors (Lipinski definition) is 3. The number of benzene rings is 1. The van der Waals surface area contributed by atoms with Crippen LogP contribution in [0.3, 0.4) is 0 Å². The molecule has 5 fully saturated rings. The molecule has 0 radical (unpaired) electrons. The Balaban J connectivity index is 1.20. The zero-order chi connectivity index (χ0) is 21.6. The third-order valence-corrected chi connectivity index (χ3v) is 8.00. The zero-order valence-corrected chi connectivity index (χ0v) is 18.6. The Hall–Kier alpha value is -2.08. The number of likely N-dealkylation sites (tertiary alicyclic amines) is 1. The number of aliphatic hydroxyl groups is 1. The second-order valence-electron chi connectivity index (χ2n) is 10.8. The molecule has 6 heteroatoms. The van der Waals surface area contributed by atoms with Gasteiger partial charge in [0.2, 0.25) is 0 Å². The lowest BCUT2D eigenvalue weighted by Crippen LogP contribution is -2.65. The first kappa shape index (κ1) is 20.8. The van der Waals surface area contributed by atoms with Crippen molar-refractivity contribution in [2.24, 2.45) is 11.8 Å². The molecule has 2 unspecified atom stereocenters. The standard InChI is InChI=1S/C25H35N3O3/c1-27(23(30)28-9-3-2-4-10-28)16-18-5-7-21(8-6-18)22(29)26-24-12-19-11-20(13-24)15-25(31,14-19)17-24/h5-8,19-20,31H,2-4,9-17H2,1H3,(H,26,29). The van der Waals surface area contributed by atoms with Crippen LogP contribution in [0, 0.1) is 11.8 Å². The van der Waals surface area contributed by atoms with Crippen LogP contribution < -0.4 is 5.32 Å². The van der Waals surface area contributed by atoms with Gasteiger partial charge in [0.1, 0.15) is 0 Å². The van der Waals surface area contributed by atoms with Crippen LogP contribution in [-0.4, -0.2) is 58.1 Å². The number of nitrogens with zero attached hydrogens (tertiary/aromatic N) is 2. The van der Waals surface area contributed by atoms with Gasteiger partial charge in [0.25, 0.3) is 5.91 Å². The second kappa shape index (κ2) is 7.80. The van der Waals surface area contributed by atoms with Crippen LogP contribution >= 0.6 is 0 Å². The van der Waals surface area contributed by atoms with Gasteiger partial charge in [-0.3, -0.25) is 4.79 Å². The molecule has 6 rings (SSSR count). The number of hydrogen-bond donors (Lipinski definition) is 2. The van der Waals surface area contributed by atoms with E-state index in [1.54, 1.807) is 4.90 Å². The largest absolute Gasteiger partial charge is 0.390 e. The summed E-state index contributed by atoms with van der Waals surface area (Å²) in [5.41, 5.74) is 0.854. The van der Waals surface area contributed by atoms with E-state index in [2.05, 4.69) is 5.32 Å². The van der Waals surface area contributed by atoms with Gasteiger partial charge in [-0.15, -0.1) is 0 Å². The minimum atomic E-state index is -0.577. The summed E-state index contributed by atoms with van der Waals surface area (Å²) >= 11 is 0. The van der Waals surface area contributed by atoms with Crippen LogP contribution in [0.5, 0.6) is 0 Å². The maximum Gasteiger partial charge on any atom is 0.320 e. The number of piperidine rings is 1. The van der Waals surface area contributed by atoms with Crippen LogP contribution in [0.25, 0.3) is 0 Å². The fraction of sp³-hybridized carbons (Fsp3) is 0.680. The topological polar surface area (TPSA) is 72.9 Å². The Bertz CT molecular complexity index is 832. The minimum Gasteiger partial charge on any atom is -0.390 e. The maximum absolute atomic E-state index is 13.0. The number of nitrogens with one attached hydrogen (secondary N) is 1. The molecule has 31 heavy (non-hydrogen) atoms. The molecule has 4 bridgehead atoms. The third kappa shape index (κ3) is 4.19. The van der Waals surface area contributed by atoms with Gasteiger partial charge in [-0.1, -0.05) is 12.1 Å². The first-order chi connectivity index (χ1) is 14.8. The molecule has 0 aromatic heterocycles. The molecule has 3 amide bonds. The number of carbonyl (C=O) groups excluding carboxylic acids is 2. The summed E-state index contributed by atoms with van der Waals surface area (Å²) in [6.07, 6.45) is 9.09. The number of amides is 3. The third-order valence-electron chi connectivity index (χ3n) is 8.00. The van der Waals surface area contributed by atoms with E-state index in [-0.39, 0.29) is 17.5 Å². The smallest absolute Gasteiger partial charge is 0.320 e. The fourth-order valence-electron chi connectivity index (χ4n) is 7.10. The number of urea groups is 1. The van der Waals surface area contributed by atoms with Crippen LogP contribution in [0.15, 0.2) is 24.3 Å². The monoisotopic (exact) mass is 425 g/mol. The first-order valence-corrected chi connectivity index (χ1v) is 12.0. The van der Waals surface area contributed by atoms with Crippen molar-refractivity contribution in [3.05, 3.63) is 35.4 Å². The van der Waals surface area contributed by atoms with Gasteiger partial charge < -0.3 is 20.2 Å². The fourth-order valence-corrected chi connectivity index (χ4v) is 7.10. The molecule has 4 aliphatic carbocycles. The highest BCUT2D eigenvalue weighted by Crippen LogP contribution is 2.57. The minimum absolute atomic E-state index is 0.0464. The molecule has 1 aliphatic heterocycles. The highest BCUT2D eigenvalue weighted by molar-refractivity contribution is 5.94. The van der Waals surface area contributed by atoms with Gasteiger partial charge >= 0.3 is 6.03 Å². The normalized spacial score (nSPS) is 33.9. The van der Waals surface area contributed by atoms with Crippen molar-refractivity contribution in [2.75, 3.05) is 20.1 Å². The predicted molar refractivity (Wildman–Crippen MR) is 119 cm³/mol. The Kier molecular flexibility index (Phi) is 5.24. The van der Waals surface area contributed by atoms with E-state index >= 15 is 0 Å². The molecule has 4 saturated carbocycles. The molecule has 1 heterocycles. The molecule has 1 aromatic carbocycles. The SMILES string of the molecule is CN(Cc1ccc(C(=O)NC23CC4CC(CC(O)(C4)C2)C3)cc1)C(=O)N1CCCCC1. The van der Waals surface area contributed by atoms with Crippen LogP contribution in [0.1, 0.15) is 73.7 Å². The van der Waals surface area contributed by atoms with Crippen LogP contribution in [-0.2, 0) is 6.54 Å². The summed E-state index contributed by atoms with van der Waals surface area (Å²) in [5.74, 6) is 1.04. The maximum atomic E-state index is 13.0. The van der Waals surface area contributed by atoms with Gasteiger partial charge in [-0.25, -0.2) is 4.79 Å². The lowest BCUT2D eigenvalue weighted by Gasteiger charge is -2.60. The summed E-state index contributed by atoms with van der Waals surface area (Å²) in [6.45, 7) is 2.24. The zero-order valence-electron chi connectivity index (χ0n) is 18.6. The van der Waals surface area contributed by atoms with E-state index in [1.165, 1.54) is 12.8 Å². The quantitative estimate of drug-likeness (QED) is 0.775. The van der Waals surface area contributed by atoms with E-state index in [0.29, 0.717) is 30.4 Å². The molecular weight excluding hydrogens is 390 g/mol. The molecule has 2 N–H and O–H groups in total. The highest BCUT2D eigenvalue weighted by atomic mass is 16.3. The van der Waals surface area contributed by atoms with Crippen molar-refractivity contribution in [3.8, 4) is 0 Å². The predicted octanol–water partition coefficient (Wildman–Crippen LogP) is 3.54. The Labute approximate surface area is 185 Å². The molecule has 0 spiro atoms. The van der Waals surface area contributed by atoms with Gasteiger partial charge in [0.15, 0.2) is 0 Å². The van der Waals surface area contributed by atoms with E-state index < -0.39 is 5.60 Å². The summed E-state index contributed by atoms with van der Waals surface area (Å²) < 4.78 is 0. The highest BCUT2D eigenvalue weighted by Gasteiger charge is 2.57. The van der Waals surface area contributed by atoms with Crippen molar-refractivity contribution >= 4 is 11.9 Å². The molecule has 2 atom stereocenters. The molecule has 1 saturated heterocycles. The first-order valence-electron chi connectivity index (χ1n) is 12.0. The molecule has 168 valence electrons. The second-order valence-corrected chi connectivity index (χ2v) is 10.8. The number of rotatable bonds is 4. The molecule has 1 aromatic rings. The average molecular weight is 426 g/mol. The van der Waals surface area contributed by atoms with Gasteiger partial charge in [-0.05, 0) is 87.3 Å². The number of carbonyl (C=O) groups is 2. The van der Waals surface area contributed by atoms with Gasteiger partial charge in [-0.2, -0.15) is 0 Å². The summed E-state index contributed by atoms with van der Waals surface area (Å²) in [7, 11) is 1.84. The Morgan fingerprint density at radius 3 is 2.32 bits per heavy atom. The van der Waals surface area contributed by atoms with E-state index in [0.717, 1.165) is 57.2 Å². The van der Waals surface area contributed by atoms with Crippen molar-refractivity contribution in [2.45, 2.75) is 75.5 Å². The van der Waals surface area contributed by atoms with Crippen molar-refractivity contribution in [1.29, 1.82) is 0 Å². The lowest BCUT2D eigenvalue weighted by atomic mass is 9.51. The summed E-state index contributed by atoms with van der Waals surface area (Å²) in [4.78, 5) is 29.3. The van der Waals surface area contributed by atoms with Crippen LogP contribution in [0.4, 0.5) is 4.79 Å². The van der Waals surface area contributed by atoms with E-state index in [9.17, 15) is 14.7 Å². The molecule has 6 nitrogen and oxygen atoms in total. The van der Waals surface area contributed by atoms with Crippen LogP contribution in [0.2, 0.25) is 0 Å². The van der Waals surface area contributed by atoms with Gasteiger partial charge in [0.05, 0.1) is 5.60 Å². The molecular formula is C25H35N3O3. The van der Waals surface area contributed by atoms with Crippen molar-refractivity contribution in [3.63, 3.8) is 0 Å². The summed E-state index contributed by atoms with van der Waals surface area (Å²) in [6, 6.07) is 7.70. The Morgan fingerprint density at radius 2 is 1.71 bits per heavy atom. The molecule has 5 aliphatic rings. The Morgan fingerprint density at radius 1 is 1.06 bits per heavy atom. The van der Waals surface area contributed by atoms with Crippen molar-refractivity contribution in [1.82, 2.24) is 15.1 Å².